The molecular formula is C25H31FN4O9S. The molecule has 1 amide bonds. The molecule has 0 heterocycles. The Bertz CT molecular complexity index is 1500. The van der Waals surface area contributed by atoms with Gasteiger partial charge in [0.15, 0.2) is 17.1 Å². The molecule has 40 heavy (non-hydrogen) atoms. The smallest absolute Gasteiger partial charge is 0.255 e. The highest BCUT2D eigenvalue weighted by molar-refractivity contribution is 7.92. The van der Waals surface area contributed by atoms with E-state index >= 15 is 4.39 Å². The second kappa shape index (κ2) is 9.83. The Kier molecular flexibility index (Phi) is 7.24. The van der Waals surface area contributed by atoms with E-state index in [0.717, 1.165) is 6.07 Å². The van der Waals surface area contributed by atoms with Crippen LogP contribution in [0.25, 0.3) is 5.76 Å². The van der Waals surface area contributed by atoms with Crippen molar-refractivity contribution in [1.82, 2.24) is 9.80 Å². The average Bonchev–Trinajstić information content (AvgIpc) is 2.82. The number of phenols is 1. The van der Waals surface area contributed by atoms with Crippen molar-refractivity contribution in [2.24, 2.45) is 17.6 Å². The number of primary amides is 1. The summed E-state index contributed by atoms with van der Waals surface area (Å²) in [7, 11) is 2.17. The number of aliphatic hydroxyl groups excluding tert-OH is 2. The van der Waals surface area contributed by atoms with Gasteiger partial charge in [0.2, 0.25) is 15.8 Å². The van der Waals surface area contributed by atoms with Gasteiger partial charge in [0, 0.05) is 29.7 Å². The molecule has 218 valence electrons. The summed E-state index contributed by atoms with van der Waals surface area (Å²) < 4.78 is 42.4. The minimum Gasteiger partial charge on any atom is -0.508 e. The van der Waals surface area contributed by atoms with Crippen LogP contribution in [-0.2, 0) is 30.8 Å². The highest BCUT2D eigenvalue weighted by Crippen LogP contribution is 2.53. The molecule has 3 aliphatic rings. The number of rotatable bonds is 7. The van der Waals surface area contributed by atoms with E-state index in [1.807, 2.05) is 0 Å². The van der Waals surface area contributed by atoms with Gasteiger partial charge in [-0.2, -0.15) is 0 Å². The maximum absolute atomic E-state index is 15.3. The van der Waals surface area contributed by atoms with Crippen molar-refractivity contribution in [2.45, 2.75) is 24.5 Å². The van der Waals surface area contributed by atoms with Crippen LogP contribution < -0.4 is 10.5 Å². The number of Topliss-reactive ketones (excluding diaryl/α,β-unsaturated/α-hetero) is 2. The zero-order valence-electron chi connectivity index (χ0n) is 22.2. The van der Waals surface area contributed by atoms with Gasteiger partial charge in [-0.1, -0.05) is 0 Å². The van der Waals surface area contributed by atoms with Gasteiger partial charge in [-0.15, -0.1) is 0 Å². The molecule has 1 fully saturated rings. The molecule has 0 bridgehead atoms. The van der Waals surface area contributed by atoms with Crippen molar-refractivity contribution in [2.75, 3.05) is 45.2 Å². The van der Waals surface area contributed by atoms with Crippen LogP contribution in [0, 0.1) is 17.7 Å². The molecule has 1 aromatic rings. The molecule has 0 spiro atoms. The fourth-order valence-corrected chi connectivity index (χ4v) is 7.06. The van der Waals surface area contributed by atoms with Crippen LogP contribution >= 0.6 is 0 Å². The minimum atomic E-state index is -4.06. The fourth-order valence-electron chi connectivity index (χ4n) is 5.87. The van der Waals surface area contributed by atoms with Gasteiger partial charge < -0.3 is 31.1 Å². The number of nitrogens with zero attached hydrogens (tertiary/aromatic N) is 2. The molecule has 3 aliphatic carbocycles. The lowest BCUT2D eigenvalue weighted by molar-refractivity contribution is -0.153. The summed E-state index contributed by atoms with van der Waals surface area (Å²) in [6, 6.07) is -0.504. The molecule has 1 aromatic carbocycles. The van der Waals surface area contributed by atoms with Gasteiger partial charge in [-0.05, 0) is 47.0 Å². The first-order chi connectivity index (χ1) is 18.4. The number of nitrogens with one attached hydrogen (secondary N) is 1. The van der Waals surface area contributed by atoms with Crippen molar-refractivity contribution in [1.29, 1.82) is 0 Å². The zero-order valence-corrected chi connectivity index (χ0v) is 23.0. The fraction of sp³-hybridized carbons (Fsp3) is 0.480. The monoisotopic (exact) mass is 582 g/mol. The molecule has 0 aromatic heterocycles. The van der Waals surface area contributed by atoms with Gasteiger partial charge >= 0.3 is 0 Å². The van der Waals surface area contributed by atoms with E-state index in [4.69, 9.17) is 5.73 Å². The lowest BCUT2D eigenvalue weighted by Crippen LogP contribution is -2.65. The summed E-state index contributed by atoms with van der Waals surface area (Å²) in [5.41, 5.74) is -0.324. The molecule has 13 nitrogen and oxygen atoms in total. The summed E-state index contributed by atoms with van der Waals surface area (Å²) in [6.07, 6.45) is -0.466. The lowest BCUT2D eigenvalue weighted by atomic mass is 9.57. The first-order valence-corrected chi connectivity index (χ1v) is 13.9. The highest BCUT2D eigenvalue weighted by Gasteiger charge is 2.64. The number of phenolic OH excluding ortho intramolecular Hbond substituents is 1. The number of amides is 1. The Morgan fingerprint density at radius 1 is 1.20 bits per heavy atom. The second-order valence-corrected chi connectivity index (χ2v) is 12.6. The standard InChI is InChI=1S/C25H31FN4O9S/c1-29(2)5-6-40(38,39)28-14-9-13(26)11-7-10-8-12-18(30(3)4)21(33)17(24(27)36)23(35)25(12,37)22(34)15(10)20(32)16(11)19(14)31/h9-10,12,18,28,31-32,35,37H,5-8H2,1-4H3,(H2,27,36)/t10-,12-,18-,25-/m0/s1. The number of carbonyl (C=O) groups excluding carboxylic acids is 3. The topological polar surface area (TPSA) is 211 Å². The van der Waals surface area contributed by atoms with Crippen LogP contribution in [0.15, 0.2) is 23.0 Å². The van der Waals surface area contributed by atoms with E-state index in [1.165, 1.54) is 19.0 Å². The number of hydrogen-bond acceptors (Lipinski definition) is 11. The first kappa shape index (κ1) is 29.5. The number of nitrogens with two attached hydrogens (primary N) is 1. The van der Waals surface area contributed by atoms with Crippen molar-refractivity contribution >= 4 is 38.9 Å². The minimum absolute atomic E-state index is 0.121. The second-order valence-electron chi connectivity index (χ2n) is 10.8. The zero-order chi connectivity index (χ0) is 30.1. The van der Waals surface area contributed by atoms with Crippen LogP contribution in [-0.4, -0.2) is 108 Å². The number of benzene rings is 1. The summed E-state index contributed by atoms with van der Waals surface area (Å²) in [5.74, 6) is -10.2. The molecule has 7 N–H and O–H groups in total. The number of halogens is 1. The first-order valence-electron chi connectivity index (χ1n) is 12.3. The Morgan fingerprint density at radius 3 is 2.38 bits per heavy atom. The number of fused-ring (bicyclic) bond motifs is 3. The molecule has 0 unspecified atom stereocenters. The summed E-state index contributed by atoms with van der Waals surface area (Å²) in [6.45, 7) is 0.121. The summed E-state index contributed by atoms with van der Waals surface area (Å²) in [5, 5.41) is 44.6. The van der Waals surface area contributed by atoms with Crippen molar-refractivity contribution in [3.8, 4) is 5.75 Å². The number of ketones is 2. The molecule has 4 atom stereocenters. The molecule has 0 radical (unpaired) electrons. The van der Waals surface area contributed by atoms with E-state index in [2.05, 4.69) is 4.72 Å². The van der Waals surface area contributed by atoms with E-state index in [-0.39, 0.29) is 30.7 Å². The predicted molar refractivity (Wildman–Crippen MR) is 140 cm³/mol. The number of aromatic hydroxyl groups is 1. The van der Waals surface area contributed by atoms with E-state index in [0.29, 0.717) is 0 Å². The van der Waals surface area contributed by atoms with E-state index < -0.39 is 96.5 Å². The normalized spacial score (nSPS) is 26.6. The predicted octanol–water partition coefficient (Wildman–Crippen LogP) is -0.594. The highest BCUT2D eigenvalue weighted by atomic mass is 32.2. The van der Waals surface area contributed by atoms with Crippen LogP contribution in [0.2, 0.25) is 0 Å². The summed E-state index contributed by atoms with van der Waals surface area (Å²) >= 11 is 0. The molecule has 15 heteroatoms. The summed E-state index contributed by atoms with van der Waals surface area (Å²) in [4.78, 5) is 41.9. The van der Waals surface area contributed by atoms with Gasteiger partial charge in [-0.3, -0.25) is 24.0 Å². The van der Waals surface area contributed by atoms with Gasteiger partial charge in [0.05, 0.1) is 23.0 Å². The third kappa shape index (κ3) is 4.42. The number of carbonyl (C=O) groups is 3. The van der Waals surface area contributed by atoms with Crippen molar-refractivity contribution in [3.63, 3.8) is 0 Å². The largest absolute Gasteiger partial charge is 0.508 e. The van der Waals surface area contributed by atoms with Crippen LogP contribution in [0.1, 0.15) is 17.5 Å². The van der Waals surface area contributed by atoms with Crippen molar-refractivity contribution in [3.05, 3.63) is 39.9 Å². The van der Waals surface area contributed by atoms with Crippen molar-refractivity contribution < 1.29 is 47.6 Å². The Morgan fingerprint density at radius 2 is 1.82 bits per heavy atom. The third-order valence-electron chi connectivity index (χ3n) is 7.74. The van der Waals surface area contributed by atoms with Gasteiger partial charge in [0.25, 0.3) is 5.91 Å². The Hall–Kier alpha value is -3.53. The maximum atomic E-state index is 15.3. The Balaban J connectivity index is 1.88. The lowest BCUT2D eigenvalue weighted by Gasteiger charge is -2.50. The molecule has 1 saturated carbocycles. The van der Waals surface area contributed by atoms with Gasteiger partial charge in [0.1, 0.15) is 22.9 Å². The number of sulfonamides is 1. The molecule has 0 aliphatic heterocycles. The molecular weight excluding hydrogens is 551 g/mol. The van der Waals surface area contributed by atoms with E-state index in [1.54, 1.807) is 19.0 Å². The van der Waals surface area contributed by atoms with Crippen LogP contribution in [0.3, 0.4) is 0 Å². The van der Waals surface area contributed by atoms with Gasteiger partial charge in [-0.25, -0.2) is 12.8 Å². The average molecular weight is 583 g/mol. The maximum Gasteiger partial charge on any atom is 0.255 e. The van der Waals surface area contributed by atoms with Crippen LogP contribution in [0.5, 0.6) is 5.75 Å². The Labute approximate surface area is 229 Å². The number of aliphatic hydroxyl groups is 3. The quantitative estimate of drug-likeness (QED) is 0.177. The van der Waals surface area contributed by atoms with E-state index in [9.17, 15) is 43.2 Å². The number of likely N-dealkylation sites (N-methyl/N-ethyl adjacent to an activating group) is 1. The SMILES string of the molecule is CN(C)CCS(=O)(=O)Nc1cc(F)c2c(c1O)C(O)=C1C(=O)[C@]3(O)C(O)=C(C(N)=O)C(=O)[C@@H](N(C)C)[C@@H]3C[C@@H]1C2. The molecule has 0 saturated heterocycles. The number of hydrogen-bond donors (Lipinski definition) is 6. The molecule has 4 rings (SSSR count). The third-order valence-corrected chi connectivity index (χ3v) is 8.99. The van der Waals surface area contributed by atoms with Crippen LogP contribution in [0.4, 0.5) is 10.1 Å². The number of anilines is 1.